The van der Waals surface area contributed by atoms with Crippen molar-refractivity contribution in [2.24, 2.45) is 0 Å². The summed E-state index contributed by atoms with van der Waals surface area (Å²) in [6, 6.07) is 1.73. The Balaban J connectivity index is 2.84. The Morgan fingerprint density at radius 2 is 2.31 bits per heavy atom. The minimum Gasteiger partial charge on any atom is -0.368 e. The van der Waals surface area contributed by atoms with Crippen molar-refractivity contribution in [2.75, 3.05) is 11.1 Å². The van der Waals surface area contributed by atoms with E-state index < -0.39 is 0 Å². The van der Waals surface area contributed by atoms with Gasteiger partial charge in [0.2, 0.25) is 5.95 Å². The molecule has 13 heavy (non-hydrogen) atoms. The molecule has 4 heteroatoms. The standard InChI is InChI=1S/C9H12N4/c1-4-6(2)11-8-5-7(3)12-9(10)13-8/h1,5-6H,2-3H3,(H3,10,11,12,13). The summed E-state index contributed by atoms with van der Waals surface area (Å²) < 4.78 is 0. The Labute approximate surface area is 77.6 Å². The third kappa shape index (κ3) is 2.64. The molecule has 3 N–H and O–H groups in total. The van der Waals surface area contributed by atoms with Gasteiger partial charge in [-0.3, -0.25) is 0 Å². The zero-order valence-electron chi connectivity index (χ0n) is 7.70. The summed E-state index contributed by atoms with van der Waals surface area (Å²) in [5, 5.41) is 3.01. The lowest BCUT2D eigenvalue weighted by atomic mass is 10.3. The molecule has 0 saturated heterocycles. The first-order valence-corrected chi connectivity index (χ1v) is 3.95. The van der Waals surface area contributed by atoms with E-state index in [9.17, 15) is 0 Å². The van der Waals surface area contributed by atoms with Crippen LogP contribution in [0.2, 0.25) is 0 Å². The smallest absolute Gasteiger partial charge is 0.222 e. The molecular weight excluding hydrogens is 164 g/mol. The first kappa shape index (κ1) is 9.33. The van der Waals surface area contributed by atoms with E-state index in [1.165, 1.54) is 0 Å². The van der Waals surface area contributed by atoms with Gasteiger partial charge in [0, 0.05) is 11.8 Å². The van der Waals surface area contributed by atoms with Crippen LogP contribution in [0.25, 0.3) is 0 Å². The van der Waals surface area contributed by atoms with E-state index in [1.807, 2.05) is 13.8 Å². The number of nitrogens with zero attached hydrogens (tertiary/aromatic N) is 2. The van der Waals surface area contributed by atoms with Gasteiger partial charge in [0.05, 0.1) is 6.04 Å². The van der Waals surface area contributed by atoms with Gasteiger partial charge >= 0.3 is 0 Å². The van der Waals surface area contributed by atoms with Crippen LogP contribution in [0.4, 0.5) is 11.8 Å². The molecule has 4 nitrogen and oxygen atoms in total. The second-order valence-electron chi connectivity index (χ2n) is 2.79. The van der Waals surface area contributed by atoms with Crippen LogP contribution in [0.1, 0.15) is 12.6 Å². The van der Waals surface area contributed by atoms with Crippen LogP contribution in [-0.2, 0) is 0 Å². The topological polar surface area (TPSA) is 63.8 Å². The number of hydrogen-bond donors (Lipinski definition) is 2. The molecule has 0 spiro atoms. The lowest BCUT2D eigenvalue weighted by Gasteiger charge is -2.08. The maximum Gasteiger partial charge on any atom is 0.222 e. The van der Waals surface area contributed by atoms with Gasteiger partial charge in [0.1, 0.15) is 5.82 Å². The van der Waals surface area contributed by atoms with Crippen LogP contribution < -0.4 is 11.1 Å². The molecule has 0 aliphatic heterocycles. The number of rotatable bonds is 2. The molecule has 1 aromatic rings. The number of aromatic nitrogens is 2. The number of nitrogens with two attached hydrogens (primary N) is 1. The molecule has 0 aliphatic rings. The van der Waals surface area contributed by atoms with Crippen LogP contribution in [0.5, 0.6) is 0 Å². The number of hydrogen-bond acceptors (Lipinski definition) is 4. The van der Waals surface area contributed by atoms with E-state index in [1.54, 1.807) is 6.07 Å². The molecule has 68 valence electrons. The molecule has 0 aromatic carbocycles. The fourth-order valence-electron chi connectivity index (χ4n) is 0.929. The Kier molecular flexibility index (Phi) is 2.70. The van der Waals surface area contributed by atoms with Gasteiger partial charge in [0.25, 0.3) is 0 Å². The Hall–Kier alpha value is -1.76. The SMILES string of the molecule is C#CC(C)Nc1cc(C)nc(N)n1. The predicted molar refractivity (Wildman–Crippen MR) is 53.1 cm³/mol. The van der Waals surface area contributed by atoms with E-state index in [4.69, 9.17) is 12.2 Å². The number of aryl methyl sites for hydroxylation is 1. The molecule has 1 rings (SSSR count). The molecule has 1 atom stereocenters. The zero-order valence-corrected chi connectivity index (χ0v) is 7.70. The Morgan fingerprint density at radius 3 is 2.85 bits per heavy atom. The maximum atomic E-state index is 5.46. The van der Waals surface area contributed by atoms with Crippen LogP contribution in [0.15, 0.2) is 6.07 Å². The van der Waals surface area contributed by atoms with Gasteiger partial charge in [-0.1, -0.05) is 5.92 Å². The average Bonchev–Trinajstić information content (AvgIpc) is 2.02. The third-order valence-corrected chi connectivity index (χ3v) is 1.49. The van der Waals surface area contributed by atoms with Crippen molar-refractivity contribution in [3.05, 3.63) is 11.8 Å². The molecule has 0 amide bonds. The number of anilines is 2. The Bertz CT molecular complexity index is 320. The molecule has 1 heterocycles. The van der Waals surface area contributed by atoms with Gasteiger partial charge < -0.3 is 11.1 Å². The average molecular weight is 176 g/mol. The third-order valence-electron chi connectivity index (χ3n) is 1.49. The lowest BCUT2D eigenvalue weighted by Crippen LogP contribution is -2.14. The van der Waals surface area contributed by atoms with Crippen LogP contribution in [0.3, 0.4) is 0 Å². The highest BCUT2D eigenvalue weighted by molar-refractivity contribution is 5.42. The van der Waals surface area contributed by atoms with Gasteiger partial charge in [0.15, 0.2) is 0 Å². The van der Waals surface area contributed by atoms with Crippen molar-refractivity contribution in [1.29, 1.82) is 0 Å². The molecule has 0 aliphatic carbocycles. The van der Waals surface area contributed by atoms with E-state index in [-0.39, 0.29) is 12.0 Å². The quantitative estimate of drug-likeness (QED) is 0.654. The highest BCUT2D eigenvalue weighted by atomic mass is 15.1. The summed E-state index contributed by atoms with van der Waals surface area (Å²) in [6.45, 7) is 3.72. The first-order valence-electron chi connectivity index (χ1n) is 3.95. The Morgan fingerprint density at radius 1 is 1.62 bits per heavy atom. The van der Waals surface area contributed by atoms with Gasteiger partial charge in [-0.25, -0.2) is 4.98 Å². The summed E-state index contributed by atoms with van der Waals surface area (Å²) >= 11 is 0. The summed E-state index contributed by atoms with van der Waals surface area (Å²) in [4.78, 5) is 7.92. The highest BCUT2D eigenvalue weighted by Gasteiger charge is 2.01. The number of nitrogens with one attached hydrogen (secondary N) is 1. The molecule has 1 aromatic heterocycles. The first-order chi connectivity index (χ1) is 6.11. The van der Waals surface area contributed by atoms with Crippen LogP contribution in [-0.4, -0.2) is 16.0 Å². The second kappa shape index (κ2) is 3.76. The van der Waals surface area contributed by atoms with E-state index in [2.05, 4.69) is 21.2 Å². The predicted octanol–water partition coefficient (Wildman–Crippen LogP) is 0.801. The van der Waals surface area contributed by atoms with Crippen molar-refractivity contribution in [3.63, 3.8) is 0 Å². The van der Waals surface area contributed by atoms with Gasteiger partial charge in [-0.15, -0.1) is 6.42 Å². The highest BCUT2D eigenvalue weighted by Crippen LogP contribution is 2.07. The minimum absolute atomic E-state index is 0.0614. The minimum atomic E-state index is -0.0614. The summed E-state index contributed by atoms with van der Waals surface area (Å²) in [5.41, 5.74) is 6.28. The second-order valence-corrected chi connectivity index (χ2v) is 2.79. The van der Waals surface area contributed by atoms with E-state index in [0.29, 0.717) is 5.82 Å². The van der Waals surface area contributed by atoms with Crippen molar-refractivity contribution >= 4 is 11.8 Å². The summed E-state index contributed by atoms with van der Waals surface area (Å²) in [5.74, 6) is 3.46. The van der Waals surface area contributed by atoms with E-state index in [0.717, 1.165) is 5.69 Å². The van der Waals surface area contributed by atoms with Crippen molar-refractivity contribution in [2.45, 2.75) is 19.9 Å². The van der Waals surface area contributed by atoms with E-state index >= 15 is 0 Å². The lowest BCUT2D eigenvalue weighted by molar-refractivity contribution is 0.999. The number of terminal acetylenes is 1. The fraction of sp³-hybridized carbons (Fsp3) is 0.333. The van der Waals surface area contributed by atoms with Gasteiger partial charge in [-0.2, -0.15) is 4.98 Å². The molecule has 0 saturated carbocycles. The molecule has 0 fully saturated rings. The van der Waals surface area contributed by atoms with Crippen LogP contribution >= 0.6 is 0 Å². The summed E-state index contributed by atoms with van der Waals surface area (Å²) in [6.07, 6.45) is 5.21. The van der Waals surface area contributed by atoms with Crippen molar-refractivity contribution in [1.82, 2.24) is 9.97 Å². The zero-order chi connectivity index (χ0) is 9.84. The maximum absolute atomic E-state index is 5.46. The molecular formula is C9H12N4. The molecule has 0 bridgehead atoms. The monoisotopic (exact) mass is 176 g/mol. The van der Waals surface area contributed by atoms with Crippen molar-refractivity contribution in [3.8, 4) is 12.3 Å². The van der Waals surface area contributed by atoms with Crippen molar-refractivity contribution < 1.29 is 0 Å². The number of nitrogen functional groups attached to an aromatic ring is 1. The molecule has 1 unspecified atom stereocenters. The summed E-state index contributed by atoms with van der Waals surface area (Å²) in [7, 11) is 0. The molecule has 0 radical (unpaired) electrons. The van der Waals surface area contributed by atoms with Gasteiger partial charge in [-0.05, 0) is 13.8 Å². The normalized spacial score (nSPS) is 11.8. The fourth-order valence-corrected chi connectivity index (χ4v) is 0.929. The van der Waals surface area contributed by atoms with Crippen LogP contribution in [0, 0.1) is 19.3 Å². The largest absolute Gasteiger partial charge is 0.368 e.